The van der Waals surface area contributed by atoms with Crippen LogP contribution in [-0.2, 0) is 0 Å². The van der Waals surface area contributed by atoms with Crippen LogP contribution >= 0.6 is 0 Å². The lowest BCUT2D eigenvalue weighted by Crippen LogP contribution is -2.57. The second kappa shape index (κ2) is 5.65. The van der Waals surface area contributed by atoms with Gasteiger partial charge in [-0.25, -0.2) is 0 Å². The Labute approximate surface area is 146 Å². The van der Waals surface area contributed by atoms with E-state index in [1.165, 1.54) is 23.6 Å². The third-order valence-corrected chi connectivity index (χ3v) is 4.58. The van der Waals surface area contributed by atoms with Crippen LogP contribution in [0.25, 0.3) is 0 Å². The van der Waals surface area contributed by atoms with Crippen molar-refractivity contribution in [3.05, 3.63) is 85.1 Å². The summed E-state index contributed by atoms with van der Waals surface area (Å²) in [6.07, 6.45) is 10.2. The number of allylic oxidation sites excluding steroid dienone is 7. The third kappa shape index (κ3) is 2.06. The van der Waals surface area contributed by atoms with E-state index in [0.29, 0.717) is 11.4 Å². The van der Waals surface area contributed by atoms with Crippen molar-refractivity contribution in [1.29, 1.82) is 0 Å². The topological polar surface area (TPSA) is 139 Å². The van der Waals surface area contributed by atoms with Gasteiger partial charge in [0.15, 0.2) is 0 Å². The first-order valence-corrected chi connectivity index (χ1v) is 7.39. The van der Waals surface area contributed by atoms with E-state index in [1.807, 2.05) is 0 Å². The number of hydrogen-bond acceptors (Lipinski definition) is 7. The van der Waals surface area contributed by atoms with Crippen LogP contribution in [0.2, 0.25) is 0 Å². The molecule has 0 aromatic carbocycles. The molecule has 0 amide bonds. The summed E-state index contributed by atoms with van der Waals surface area (Å²) in [6.45, 7) is 0. The minimum atomic E-state index is -1.89. The summed E-state index contributed by atoms with van der Waals surface area (Å²) in [5.74, 6) is 0. The monoisotopic (exact) mass is 360 g/mol. The molecular formula is C15H14N5O6+. The Balaban J connectivity index is 2.42. The highest BCUT2D eigenvalue weighted by Crippen LogP contribution is 2.42. The minimum absolute atomic E-state index is 0.532. The molecule has 26 heavy (non-hydrogen) atoms. The Kier molecular flexibility index (Phi) is 3.71. The zero-order valence-electron chi connectivity index (χ0n) is 13.8. The smallest absolute Gasteiger partial charge is 0.417 e. The lowest BCUT2D eigenvalue weighted by atomic mass is 9.93. The highest BCUT2D eigenvalue weighted by molar-refractivity contribution is 6.07. The van der Waals surface area contributed by atoms with Gasteiger partial charge in [-0.15, -0.1) is 0 Å². The third-order valence-electron chi connectivity index (χ3n) is 4.58. The van der Waals surface area contributed by atoms with Crippen LogP contribution in [0.5, 0.6) is 0 Å². The second-order valence-electron chi connectivity index (χ2n) is 5.74. The van der Waals surface area contributed by atoms with E-state index in [1.54, 1.807) is 30.4 Å². The molecule has 1 N–H and O–H groups in total. The normalized spacial score (nSPS) is 24.2. The van der Waals surface area contributed by atoms with Gasteiger partial charge in [0.1, 0.15) is 24.9 Å². The fraction of sp³-hybridized carbons (Fsp3) is 0.200. The van der Waals surface area contributed by atoms with Gasteiger partial charge in [-0.3, -0.25) is 30.3 Å². The van der Waals surface area contributed by atoms with E-state index in [-0.39, 0.29) is 0 Å². The van der Waals surface area contributed by atoms with Gasteiger partial charge in [-0.2, -0.15) is 4.58 Å². The number of hydrogen-bond donors (Lipinski definition) is 1. The molecule has 11 heteroatoms. The molecule has 134 valence electrons. The van der Waals surface area contributed by atoms with Crippen LogP contribution < -0.4 is 0 Å². The van der Waals surface area contributed by atoms with Gasteiger partial charge in [0, 0.05) is 18.0 Å². The molecule has 0 fully saturated rings. The maximum Gasteiger partial charge on any atom is 0.422 e. The van der Waals surface area contributed by atoms with Crippen molar-refractivity contribution in [3.63, 3.8) is 0 Å². The summed E-state index contributed by atoms with van der Waals surface area (Å²) >= 11 is 0. The molecule has 3 rings (SSSR count). The first kappa shape index (κ1) is 17.1. The quantitative estimate of drug-likeness (QED) is 0.247. The van der Waals surface area contributed by atoms with Gasteiger partial charge in [-0.1, -0.05) is 18.2 Å². The molecule has 0 saturated heterocycles. The Morgan fingerprint density at radius 2 is 1.65 bits per heavy atom. The van der Waals surface area contributed by atoms with E-state index in [4.69, 9.17) is 5.21 Å². The highest BCUT2D eigenvalue weighted by atomic mass is 16.8. The minimum Gasteiger partial charge on any atom is -0.417 e. The van der Waals surface area contributed by atoms with Crippen molar-refractivity contribution in [3.8, 4) is 0 Å². The zero-order valence-corrected chi connectivity index (χ0v) is 13.8. The number of rotatable bonds is 2. The van der Waals surface area contributed by atoms with Gasteiger partial charge in [0.2, 0.25) is 5.71 Å². The van der Waals surface area contributed by atoms with E-state index < -0.39 is 37.5 Å². The van der Waals surface area contributed by atoms with Gasteiger partial charge in [0.05, 0.1) is 9.85 Å². The Bertz CT molecular complexity index is 912. The molecule has 0 aromatic rings. The average Bonchev–Trinajstić information content (AvgIpc) is 2.77. The molecule has 3 aliphatic rings. The van der Waals surface area contributed by atoms with Gasteiger partial charge < -0.3 is 5.21 Å². The number of nitrogens with zero attached hydrogens (tertiary/aromatic N) is 5. The second-order valence-corrected chi connectivity index (χ2v) is 5.74. The molecule has 0 atom stereocenters. The maximum absolute atomic E-state index is 11.8. The van der Waals surface area contributed by atoms with Crippen LogP contribution in [0.15, 0.2) is 59.6 Å². The zero-order chi connectivity index (χ0) is 19.2. The van der Waals surface area contributed by atoms with Gasteiger partial charge in [0.25, 0.3) is 5.71 Å². The Morgan fingerprint density at radius 3 is 2.15 bits per heavy atom. The van der Waals surface area contributed by atoms with Crippen molar-refractivity contribution < 1.29 is 24.5 Å². The van der Waals surface area contributed by atoms with Crippen LogP contribution in [0.4, 0.5) is 0 Å². The van der Waals surface area contributed by atoms with Crippen LogP contribution in [-0.4, -0.2) is 60.6 Å². The Hall–Kier alpha value is -3.76. The van der Waals surface area contributed by atoms with Crippen LogP contribution in [0.1, 0.15) is 0 Å². The molecular weight excluding hydrogens is 346 g/mol. The fourth-order valence-electron chi connectivity index (χ4n) is 3.48. The van der Waals surface area contributed by atoms with E-state index >= 15 is 0 Å². The standard InChI is InChI=1S/C15H14N5O6/c1-16-11-6-4-3-5-7-12(11)17(2)15(16)13(19(23)24)8-10(18(21)22)9-14(15)20(25)26/h3-9H,1-2H3,(H,21,22)/q+1. The number of nitro groups is 2. The van der Waals surface area contributed by atoms with E-state index in [0.717, 1.165) is 12.2 Å². The van der Waals surface area contributed by atoms with E-state index in [9.17, 15) is 25.4 Å². The molecule has 1 heterocycles. The molecule has 0 bridgehead atoms. The van der Waals surface area contributed by atoms with Gasteiger partial charge >= 0.3 is 17.1 Å². The predicted molar refractivity (Wildman–Crippen MR) is 88.6 cm³/mol. The number of fused-ring (bicyclic) bond motifs is 1. The molecule has 0 radical (unpaired) electrons. The van der Waals surface area contributed by atoms with Crippen molar-refractivity contribution >= 4 is 11.4 Å². The van der Waals surface area contributed by atoms with Crippen LogP contribution in [0.3, 0.4) is 0 Å². The molecule has 2 aliphatic carbocycles. The van der Waals surface area contributed by atoms with E-state index in [2.05, 4.69) is 0 Å². The molecule has 0 saturated carbocycles. The Morgan fingerprint density at radius 1 is 1.08 bits per heavy atom. The predicted octanol–water partition coefficient (Wildman–Crippen LogP) is 0.397. The SMILES string of the molecule is CN1C2=CC=CC=CC2=[N+](C)C12C([N+](=O)[O-])=CC(=[N+]([O-])O)C=C2[N+](=O)[O-]. The van der Waals surface area contributed by atoms with Gasteiger partial charge in [-0.05, 0) is 6.08 Å². The largest absolute Gasteiger partial charge is 0.422 e. The van der Waals surface area contributed by atoms with Crippen molar-refractivity contribution in [2.24, 2.45) is 0 Å². The first-order valence-electron chi connectivity index (χ1n) is 7.39. The highest BCUT2D eigenvalue weighted by Gasteiger charge is 2.72. The molecule has 1 aliphatic heterocycles. The van der Waals surface area contributed by atoms with Crippen molar-refractivity contribution in [1.82, 2.24) is 4.90 Å². The molecule has 0 unspecified atom stereocenters. The molecule has 11 nitrogen and oxygen atoms in total. The summed E-state index contributed by atoms with van der Waals surface area (Å²) in [4.78, 5) is 22.7. The fourth-order valence-corrected chi connectivity index (χ4v) is 3.48. The average molecular weight is 360 g/mol. The molecule has 1 spiro atoms. The van der Waals surface area contributed by atoms with Crippen LogP contribution in [0, 0.1) is 25.4 Å². The summed E-state index contributed by atoms with van der Waals surface area (Å²) in [7, 11) is 2.99. The maximum atomic E-state index is 11.8. The van der Waals surface area contributed by atoms with Crippen molar-refractivity contribution in [2.45, 2.75) is 5.66 Å². The number of likely N-dealkylation sites (N-methyl/N-ethyl adjacent to an activating group) is 2. The first-order chi connectivity index (χ1) is 12.2. The molecule has 0 aromatic heterocycles. The van der Waals surface area contributed by atoms with Crippen molar-refractivity contribution in [2.75, 3.05) is 14.1 Å². The summed E-state index contributed by atoms with van der Waals surface area (Å²) in [5, 5.41) is 43.9. The summed E-state index contributed by atoms with van der Waals surface area (Å²) < 4.78 is 1.41. The summed E-state index contributed by atoms with van der Waals surface area (Å²) in [5.41, 5.74) is -2.67. The summed E-state index contributed by atoms with van der Waals surface area (Å²) in [6, 6.07) is 0. The lowest BCUT2D eigenvalue weighted by molar-refractivity contribution is -0.725. The lowest BCUT2D eigenvalue weighted by Gasteiger charge is -2.28.